The molecule has 0 unspecified atom stereocenters. The zero-order valence-corrected chi connectivity index (χ0v) is 13.4. The molecule has 6 heteroatoms. The molecule has 0 aliphatic rings. The molecule has 1 aromatic heterocycles. The third kappa shape index (κ3) is 4.58. The van der Waals surface area contributed by atoms with Gasteiger partial charge in [-0.2, -0.15) is 10.4 Å². The normalized spacial score (nSPS) is 10.1. The van der Waals surface area contributed by atoms with Crippen molar-refractivity contribution < 1.29 is 9.53 Å². The standard InChI is InChI=1S/C17H20N4O2/c1-3-13-6-8-15(9-7-13)23-10-4-5-16(22)20-17-14(11-18)12-19-21(17)2/h6-9,12H,3-5,10H2,1-2H3,(H,20,22). The van der Waals surface area contributed by atoms with Crippen LogP contribution >= 0.6 is 0 Å². The molecule has 0 saturated carbocycles. The molecule has 1 N–H and O–H groups in total. The van der Waals surface area contributed by atoms with E-state index in [1.807, 2.05) is 30.3 Å². The zero-order chi connectivity index (χ0) is 16.7. The van der Waals surface area contributed by atoms with Gasteiger partial charge in [-0.15, -0.1) is 0 Å². The first-order valence-electron chi connectivity index (χ1n) is 7.57. The summed E-state index contributed by atoms with van der Waals surface area (Å²) in [7, 11) is 1.68. The van der Waals surface area contributed by atoms with Gasteiger partial charge in [-0.05, 0) is 30.5 Å². The first-order chi connectivity index (χ1) is 11.1. The Morgan fingerprint density at radius 1 is 1.39 bits per heavy atom. The molecule has 1 heterocycles. The summed E-state index contributed by atoms with van der Waals surface area (Å²) >= 11 is 0. The summed E-state index contributed by atoms with van der Waals surface area (Å²) in [5, 5.41) is 15.6. The molecule has 0 atom stereocenters. The second kappa shape index (κ2) is 7.99. The highest BCUT2D eigenvalue weighted by Crippen LogP contribution is 2.14. The van der Waals surface area contributed by atoms with Crippen LogP contribution < -0.4 is 10.1 Å². The fourth-order valence-corrected chi connectivity index (χ4v) is 2.11. The van der Waals surface area contributed by atoms with Gasteiger partial charge in [-0.25, -0.2) is 0 Å². The number of amides is 1. The highest BCUT2D eigenvalue weighted by molar-refractivity contribution is 5.91. The third-order valence-corrected chi connectivity index (χ3v) is 3.47. The molecule has 2 aromatic rings. The van der Waals surface area contributed by atoms with Crippen LogP contribution in [0, 0.1) is 11.3 Å². The number of nitrogens with one attached hydrogen (secondary N) is 1. The highest BCUT2D eigenvalue weighted by atomic mass is 16.5. The van der Waals surface area contributed by atoms with Gasteiger partial charge in [0.1, 0.15) is 23.2 Å². The molecule has 0 aliphatic heterocycles. The summed E-state index contributed by atoms with van der Waals surface area (Å²) in [6, 6.07) is 9.94. The van der Waals surface area contributed by atoms with Crippen LogP contribution in [0.1, 0.15) is 30.9 Å². The van der Waals surface area contributed by atoms with E-state index in [1.54, 1.807) is 7.05 Å². The van der Waals surface area contributed by atoms with E-state index in [0.29, 0.717) is 30.8 Å². The first-order valence-corrected chi connectivity index (χ1v) is 7.57. The van der Waals surface area contributed by atoms with Crippen molar-refractivity contribution in [2.24, 2.45) is 7.05 Å². The molecule has 0 saturated heterocycles. The summed E-state index contributed by atoms with van der Waals surface area (Å²) in [5.41, 5.74) is 1.62. The molecule has 0 aliphatic carbocycles. The molecular weight excluding hydrogens is 292 g/mol. The predicted molar refractivity (Wildman–Crippen MR) is 87.1 cm³/mol. The minimum atomic E-state index is -0.157. The van der Waals surface area contributed by atoms with Gasteiger partial charge in [0, 0.05) is 13.5 Å². The molecule has 6 nitrogen and oxygen atoms in total. The van der Waals surface area contributed by atoms with Crippen LogP contribution in [0.3, 0.4) is 0 Å². The van der Waals surface area contributed by atoms with Crippen molar-refractivity contribution in [3.05, 3.63) is 41.6 Å². The van der Waals surface area contributed by atoms with Gasteiger partial charge in [-0.3, -0.25) is 9.48 Å². The van der Waals surface area contributed by atoms with Crippen LogP contribution in [0.2, 0.25) is 0 Å². The molecular formula is C17H20N4O2. The molecule has 0 spiro atoms. The number of aryl methyl sites for hydroxylation is 2. The van der Waals surface area contributed by atoms with Crippen molar-refractivity contribution in [2.45, 2.75) is 26.2 Å². The van der Waals surface area contributed by atoms with Gasteiger partial charge in [0.15, 0.2) is 0 Å². The Bertz CT molecular complexity index is 698. The van der Waals surface area contributed by atoms with E-state index >= 15 is 0 Å². The van der Waals surface area contributed by atoms with Gasteiger partial charge in [-0.1, -0.05) is 19.1 Å². The van der Waals surface area contributed by atoms with E-state index in [4.69, 9.17) is 10.00 Å². The fourth-order valence-electron chi connectivity index (χ4n) is 2.11. The van der Waals surface area contributed by atoms with E-state index in [9.17, 15) is 4.79 Å². The Balaban J connectivity index is 1.74. The molecule has 23 heavy (non-hydrogen) atoms. The summed E-state index contributed by atoms with van der Waals surface area (Å²) < 4.78 is 7.08. The number of nitriles is 1. The number of hydrogen-bond acceptors (Lipinski definition) is 4. The van der Waals surface area contributed by atoms with Crippen molar-refractivity contribution >= 4 is 11.7 Å². The smallest absolute Gasteiger partial charge is 0.225 e. The zero-order valence-electron chi connectivity index (χ0n) is 13.4. The Morgan fingerprint density at radius 2 is 2.13 bits per heavy atom. The summed E-state index contributed by atoms with van der Waals surface area (Å²) in [4.78, 5) is 11.9. The minimum absolute atomic E-state index is 0.157. The summed E-state index contributed by atoms with van der Waals surface area (Å²) in [6.07, 6.45) is 3.35. The lowest BCUT2D eigenvalue weighted by Gasteiger charge is -2.08. The Morgan fingerprint density at radius 3 is 2.78 bits per heavy atom. The maximum absolute atomic E-state index is 11.9. The van der Waals surface area contributed by atoms with E-state index in [0.717, 1.165) is 12.2 Å². The van der Waals surface area contributed by atoms with Gasteiger partial charge in [0.25, 0.3) is 0 Å². The molecule has 1 aromatic carbocycles. The highest BCUT2D eigenvalue weighted by Gasteiger charge is 2.11. The number of benzene rings is 1. The van der Waals surface area contributed by atoms with Crippen LogP contribution in [-0.4, -0.2) is 22.3 Å². The second-order valence-corrected chi connectivity index (χ2v) is 5.14. The SMILES string of the molecule is CCc1ccc(OCCCC(=O)Nc2c(C#N)cnn2C)cc1. The number of hydrogen-bond donors (Lipinski definition) is 1. The Hall–Kier alpha value is -2.81. The maximum atomic E-state index is 11.9. The van der Waals surface area contributed by atoms with Crippen LogP contribution in [0.4, 0.5) is 5.82 Å². The largest absolute Gasteiger partial charge is 0.494 e. The van der Waals surface area contributed by atoms with Crippen LogP contribution in [0.15, 0.2) is 30.5 Å². The number of carbonyl (C=O) groups excluding carboxylic acids is 1. The third-order valence-electron chi connectivity index (χ3n) is 3.47. The van der Waals surface area contributed by atoms with Crippen molar-refractivity contribution in [3.63, 3.8) is 0 Å². The van der Waals surface area contributed by atoms with E-state index in [-0.39, 0.29) is 5.91 Å². The van der Waals surface area contributed by atoms with Gasteiger partial charge < -0.3 is 10.1 Å². The average Bonchev–Trinajstić information content (AvgIpc) is 2.92. The van der Waals surface area contributed by atoms with Crippen LogP contribution in [-0.2, 0) is 18.3 Å². The van der Waals surface area contributed by atoms with Crippen molar-refractivity contribution in [3.8, 4) is 11.8 Å². The van der Waals surface area contributed by atoms with Crippen molar-refractivity contribution in [2.75, 3.05) is 11.9 Å². The molecule has 1 amide bonds. The molecule has 0 bridgehead atoms. The van der Waals surface area contributed by atoms with E-state index in [1.165, 1.54) is 16.4 Å². The minimum Gasteiger partial charge on any atom is -0.494 e. The average molecular weight is 312 g/mol. The van der Waals surface area contributed by atoms with Crippen molar-refractivity contribution in [1.29, 1.82) is 5.26 Å². The van der Waals surface area contributed by atoms with E-state index < -0.39 is 0 Å². The van der Waals surface area contributed by atoms with Gasteiger partial charge >= 0.3 is 0 Å². The molecule has 120 valence electrons. The fraction of sp³-hybridized carbons (Fsp3) is 0.353. The number of anilines is 1. The van der Waals surface area contributed by atoms with Crippen LogP contribution in [0.5, 0.6) is 5.75 Å². The number of ether oxygens (including phenoxy) is 1. The Kier molecular flexibility index (Phi) is 5.75. The topological polar surface area (TPSA) is 79.9 Å². The summed E-state index contributed by atoms with van der Waals surface area (Å²) in [6.45, 7) is 2.57. The number of nitrogens with zero attached hydrogens (tertiary/aromatic N) is 3. The predicted octanol–water partition coefficient (Wildman–Crippen LogP) is 2.65. The lowest BCUT2D eigenvalue weighted by molar-refractivity contribution is -0.116. The number of aromatic nitrogens is 2. The summed E-state index contributed by atoms with van der Waals surface area (Å²) in [5.74, 6) is 1.07. The number of carbonyl (C=O) groups is 1. The second-order valence-electron chi connectivity index (χ2n) is 5.14. The Labute approximate surface area is 135 Å². The molecule has 0 radical (unpaired) electrons. The lowest BCUT2D eigenvalue weighted by Crippen LogP contribution is -2.16. The molecule has 0 fully saturated rings. The molecule has 2 rings (SSSR count). The quantitative estimate of drug-likeness (QED) is 0.797. The monoisotopic (exact) mass is 312 g/mol. The van der Waals surface area contributed by atoms with Gasteiger partial charge in [0.05, 0.1) is 12.8 Å². The number of rotatable bonds is 7. The van der Waals surface area contributed by atoms with Crippen LogP contribution in [0.25, 0.3) is 0 Å². The van der Waals surface area contributed by atoms with E-state index in [2.05, 4.69) is 17.3 Å². The van der Waals surface area contributed by atoms with Gasteiger partial charge in [0.2, 0.25) is 5.91 Å². The van der Waals surface area contributed by atoms with Crippen molar-refractivity contribution in [1.82, 2.24) is 9.78 Å². The maximum Gasteiger partial charge on any atom is 0.225 e. The lowest BCUT2D eigenvalue weighted by atomic mass is 10.2. The first kappa shape index (κ1) is 16.6.